The van der Waals surface area contributed by atoms with Crippen LogP contribution in [-0.4, -0.2) is 24.9 Å². The third-order valence-electron chi connectivity index (χ3n) is 2.05. The highest BCUT2D eigenvalue weighted by atomic mass is 32.1. The van der Waals surface area contributed by atoms with Gasteiger partial charge in [-0.25, -0.2) is 0 Å². The van der Waals surface area contributed by atoms with E-state index in [0.717, 1.165) is 18.8 Å². The molecule has 2 atom stereocenters. The molecule has 0 saturated carbocycles. The van der Waals surface area contributed by atoms with Crippen molar-refractivity contribution >= 4 is 12.6 Å². The Hall–Kier alpha value is -0.150. The molecule has 0 radical (unpaired) electrons. The van der Waals surface area contributed by atoms with Gasteiger partial charge in [0.2, 0.25) is 0 Å². The van der Waals surface area contributed by atoms with Crippen molar-refractivity contribution in [3.63, 3.8) is 0 Å². The summed E-state index contributed by atoms with van der Waals surface area (Å²) in [5.41, 5.74) is 1.38. The molecule has 3 heteroatoms. The van der Waals surface area contributed by atoms with Gasteiger partial charge in [-0.2, -0.15) is 12.6 Å². The second-order valence-electron chi connectivity index (χ2n) is 2.94. The lowest BCUT2D eigenvalue weighted by atomic mass is 10.2. The second kappa shape index (κ2) is 2.47. The summed E-state index contributed by atoms with van der Waals surface area (Å²) in [6.07, 6.45) is 2.22. The second-order valence-corrected chi connectivity index (χ2v) is 3.30. The van der Waals surface area contributed by atoms with Crippen molar-refractivity contribution in [2.45, 2.75) is 6.04 Å². The summed E-state index contributed by atoms with van der Waals surface area (Å²) >= 11 is 4.26. The Morgan fingerprint density at radius 3 is 3.30 bits per heavy atom. The Labute approximate surface area is 66.5 Å². The Balaban J connectivity index is 1.88. The van der Waals surface area contributed by atoms with E-state index in [-0.39, 0.29) is 0 Å². The third-order valence-corrected chi connectivity index (χ3v) is 2.57. The van der Waals surface area contributed by atoms with Gasteiger partial charge in [0.25, 0.3) is 0 Å². The number of fused-ring (bicyclic) bond motifs is 1. The van der Waals surface area contributed by atoms with Crippen LogP contribution in [0.2, 0.25) is 0 Å². The van der Waals surface area contributed by atoms with Crippen molar-refractivity contribution in [1.82, 2.24) is 10.6 Å². The van der Waals surface area contributed by atoms with Gasteiger partial charge in [-0.1, -0.05) is 0 Å². The minimum absolute atomic E-state index is 0.574. The summed E-state index contributed by atoms with van der Waals surface area (Å²) in [5, 5.41) is 6.78. The third kappa shape index (κ3) is 1.16. The maximum atomic E-state index is 4.26. The molecule has 0 unspecified atom stereocenters. The Bertz CT molecular complexity index is 167. The van der Waals surface area contributed by atoms with E-state index in [0.29, 0.717) is 12.0 Å². The normalized spacial score (nSPS) is 37.1. The monoisotopic (exact) mass is 156 g/mol. The number of nitrogens with one attached hydrogen (secondary N) is 2. The predicted octanol–water partition coefficient (Wildman–Crippen LogP) is -0.00870. The Morgan fingerprint density at radius 1 is 1.60 bits per heavy atom. The van der Waals surface area contributed by atoms with Crippen LogP contribution in [-0.2, 0) is 0 Å². The van der Waals surface area contributed by atoms with E-state index in [1.54, 1.807) is 0 Å². The van der Waals surface area contributed by atoms with Gasteiger partial charge >= 0.3 is 0 Å². The van der Waals surface area contributed by atoms with E-state index in [2.05, 4.69) is 29.3 Å². The van der Waals surface area contributed by atoms with E-state index < -0.39 is 0 Å². The van der Waals surface area contributed by atoms with Crippen LogP contribution < -0.4 is 10.6 Å². The van der Waals surface area contributed by atoms with Gasteiger partial charge in [0.1, 0.15) is 0 Å². The number of hydrogen-bond donors (Lipinski definition) is 3. The molecule has 1 aliphatic heterocycles. The van der Waals surface area contributed by atoms with Crippen LogP contribution in [0.5, 0.6) is 0 Å². The van der Waals surface area contributed by atoms with Gasteiger partial charge < -0.3 is 10.6 Å². The summed E-state index contributed by atoms with van der Waals surface area (Å²) in [6, 6.07) is 0.574. The minimum atomic E-state index is 0.574. The number of thiol groups is 1. The highest BCUT2D eigenvalue weighted by Gasteiger charge is 2.28. The summed E-state index contributed by atoms with van der Waals surface area (Å²) in [4.78, 5) is 0. The summed E-state index contributed by atoms with van der Waals surface area (Å²) in [7, 11) is 0. The molecule has 0 aromatic heterocycles. The van der Waals surface area contributed by atoms with Crippen molar-refractivity contribution in [2.24, 2.45) is 5.92 Å². The maximum absolute atomic E-state index is 4.26. The first-order valence-electron chi connectivity index (χ1n) is 3.70. The fraction of sp³-hybridized carbons (Fsp3) is 0.714. The lowest BCUT2D eigenvalue weighted by Crippen LogP contribution is -2.27. The Morgan fingerprint density at radius 2 is 2.50 bits per heavy atom. The molecule has 10 heavy (non-hydrogen) atoms. The quantitative estimate of drug-likeness (QED) is 0.465. The van der Waals surface area contributed by atoms with E-state index in [1.807, 2.05) is 0 Å². The van der Waals surface area contributed by atoms with Crippen molar-refractivity contribution in [3.8, 4) is 0 Å². The zero-order valence-corrected chi connectivity index (χ0v) is 6.70. The van der Waals surface area contributed by atoms with Crippen LogP contribution in [0.3, 0.4) is 0 Å². The first kappa shape index (κ1) is 6.55. The highest BCUT2D eigenvalue weighted by Crippen LogP contribution is 2.19. The zero-order valence-electron chi connectivity index (χ0n) is 5.80. The molecule has 2 aliphatic rings. The predicted molar refractivity (Wildman–Crippen MR) is 45.2 cm³/mol. The fourth-order valence-corrected chi connectivity index (χ4v) is 1.48. The van der Waals surface area contributed by atoms with Gasteiger partial charge in [-0.3, -0.25) is 0 Å². The molecule has 0 spiro atoms. The molecule has 1 heterocycles. The molecule has 0 amide bonds. The van der Waals surface area contributed by atoms with Crippen molar-refractivity contribution < 1.29 is 0 Å². The zero-order chi connectivity index (χ0) is 6.97. The molecule has 1 saturated heterocycles. The standard InChI is InChI=1S/C7H12N2S/c10-4-5-2-8-6-1-7(6)9-3-5/h1,5-6,8-10H,2-4H2/t5-,6+/m0/s1. The molecule has 0 bridgehead atoms. The van der Waals surface area contributed by atoms with Gasteiger partial charge in [-0.05, 0) is 17.7 Å². The number of rotatable bonds is 1. The first-order valence-corrected chi connectivity index (χ1v) is 4.33. The first-order chi connectivity index (χ1) is 4.90. The van der Waals surface area contributed by atoms with E-state index >= 15 is 0 Å². The van der Waals surface area contributed by atoms with Gasteiger partial charge in [0, 0.05) is 18.8 Å². The average Bonchev–Trinajstić information content (AvgIpc) is 2.63. The highest BCUT2D eigenvalue weighted by molar-refractivity contribution is 7.80. The van der Waals surface area contributed by atoms with Crippen LogP contribution in [0.1, 0.15) is 0 Å². The topological polar surface area (TPSA) is 24.1 Å². The molecule has 2 rings (SSSR count). The molecule has 1 fully saturated rings. The van der Waals surface area contributed by atoms with Crippen LogP contribution >= 0.6 is 12.6 Å². The SMILES string of the molecule is SC[C@@H]1CNC2=C[C@H]2NC1. The Kier molecular flexibility index (Phi) is 1.62. The number of hydrogen-bond acceptors (Lipinski definition) is 3. The van der Waals surface area contributed by atoms with Crippen molar-refractivity contribution in [3.05, 3.63) is 11.8 Å². The van der Waals surface area contributed by atoms with Gasteiger partial charge in [-0.15, -0.1) is 0 Å². The van der Waals surface area contributed by atoms with Crippen LogP contribution in [0.4, 0.5) is 0 Å². The summed E-state index contributed by atoms with van der Waals surface area (Å²) in [5.74, 6) is 1.66. The van der Waals surface area contributed by atoms with Crippen LogP contribution in [0.25, 0.3) is 0 Å². The minimum Gasteiger partial charge on any atom is -0.387 e. The van der Waals surface area contributed by atoms with E-state index in [1.165, 1.54) is 5.70 Å². The van der Waals surface area contributed by atoms with Gasteiger partial charge in [0.05, 0.1) is 6.04 Å². The lowest BCUT2D eigenvalue weighted by molar-refractivity contribution is 0.544. The molecule has 1 aliphatic carbocycles. The van der Waals surface area contributed by atoms with E-state index in [9.17, 15) is 0 Å². The van der Waals surface area contributed by atoms with Crippen LogP contribution in [0.15, 0.2) is 11.8 Å². The molecule has 0 aromatic rings. The lowest BCUT2D eigenvalue weighted by Gasteiger charge is -2.10. The van der Waals surface area contributed by atoms with Crippen molar-refractivity contribution in [2.75, 3.05) is 18.8 Å². The molecular formula is C7H12N2S. The maximum Gasteiger partial charge on any atom is 0.0673 e. The summed E-state index contributed by atoms with van der Waals surface area (Å²) in [6.45, 7) is 2.18. The smallest absolute Gasteiger partial charge is 0.0673 e. The van der Waals surface area contributed by atoms with Gasteiger partial charge in [0.15, 0.2) is 0 Å². The molecule has 2 N–H and O–H groups in total. The van der Waals surface area contributed by atoms with Crippen molar-refractivity contribution in [1.29, 1.82) is 0 Å². The molecular weight excluding hydrogens is 144 g/mol. The molecule has 0 aromatic carbocycles. The largest absolute Gasteiger partial charge is 0.387 e. The average molecular weight is 156 g/mol. The molecule has 2 nitrogen and oxygen atoms in total. The van der Waals surface area contributed by atoms with E-state index in [4.69, 9.17) is 0 Å². The van der Waals surface area contributed by atoms with Crippen LogP contribution in [0, 0.1) is 5.92 Å². The fourth-order valence-electron chi connectivity index (χ4n) is 1.23. The summed E-state index contributed by atoms with van der Waals surface area (Å²) < 4.78 is 0. The molecule has 56 valence electrons.